The van der Waals surface area contributed by atoms with E-state index in [0.717, 1.165) is 38.2 Å². The maximum atomic E-state index is 12.2. The smallest absolute Gasteiger partial charge is 0.293 e. The van der Waals surface area contributed by atoms with Crippen molar-refractivity contribution in [3.05, 3.63) is 64.2 Å². The Morgan fingerprint density at radius 1 is 1.10 bits per heavy atom. The normalized spacial score (nSPS) is 16.9. The second-order valence-electron chi connectivity index (χ2n) is 7.70. The molecule has 158 valence electrons. The SMILES string of the molecule is O=C(NC1CC1)c1ccc(N2CCN(CCOc3ccccc3)CC2)c([N+](=O)[O-])c1. The summed E-state index contributed by atoms with van der Waals surface area (Å²) in [6.07, 6.45) is 1.96. The molecule has 1 saturated heterocycles. The molecule has 30 heavy (non-hydrogen) atoms. The Hall–Kier alpha value is -3.13. The second kappa shape index (κ2) is 9.13. The molecule has 4 rings (SSSR count). The Labute approximate surface area is 175 Å². The number of carbonyl (C=O) groups excluding carboxylic acids is 1. The summed E-state index contributed by atoms with van der Waals surface area (Å²) < 4.78 is 5.76. The summed E-state index contributed by atoms with van der Waals surface area (Å²) in [6.45, 7) is 4.41. The van der Waals surface area contributed by atoms with Crippen LogP contribution in [0.25, 0.3) is 0 Å². The summed E-state index contributed by atoms with van der Waals surface area (Å²) in [4.78, 5) is 27.8. The molecule has 0 spiro atoms. The van der Waals surface area contributed by atoms with Crippen molar-refractivity contribution in [1.29, 1.82) is 0 Å². The van der Waals surface area contributed by atoms with Gasteiger partial charge in [0, 0.05) is 50.4 Å². The van der Waals surface area contributed by atoms with Crippen LogP contribution in [0.1, 0.15) is 23.2 Å². The molecule has 0 aromatic heterocycles. The van der Waals surface area contributed by atoms with Crippen LogP contribution in [0.4, 0.5) is 11.4 Å². The molecule has 2 aromatic carbocycles. The van der Waals surface area contributed by atoms with Gasteiger partial charge >= 0.3 is 0 Å². The molecule has 1 amide bonds. The third kappa shape index (κ3) is 5.07. The molecular weight excluding hydrogens is 384 g/mol. The van der Waals surface area contributed by atoms with Gasteiger partial charge < -0.3 is 15.0 Å². The molecule has 2 aromatic rings. The number of piperazine rings is 1. The van der Waals surface area contributed by atoms with Crippen LogP contribution in [-0.4, -0.2) is 61.1 Å². The number of benzene rings is 2. The van der Waals surface area contributed by atoms with E-state index in [2.05, 4.69) is 10.2 Å². The monoisotopic (exact) mass is 410 g/mol. The topological polar surface area (TPSA) is 88.0 Å². The van der Waals surface area contributed by atoms with Gasteiger partial charge in [0.1, 0.15) is 18.0 Å². The average Bonchev–Trinajstić information content (AvgIpc) is 3.58. The molecule has 0 atom stereocenters. The van der Waals surface area contributed by atoms with Gasteiger partial charge in [-0.2, -0.15) is 0 Å². The summed E-state index contributed by atoms with van der Waals surface area (Å²) in [5.41, 5.74) is 0.900. The summed E-state index contributed by atoms with van der Waals surface area (Å²) in [7, 11) is 0. The molecule has 8 nitrogen and oxygen atoms in total. The zero-order valence-corrected chi connectivity index (χ0v) is 16.8. The first-order valence-corrected chi connectivity index (χ1v) is 10.3. The van der Waals surface area contributed by atoms with Crippen LogP contribution in [0.15, 0.2) is 48.5 Å². The van der Waals surface area contributed by atoms with Crippen molar-refractivity contribution >= 4 is 17.3 Å². The molecule has 1 heterocycles. The fourth-order valence-electron chi connectivity index (χ4n) is 3.60. The standard InChI is InChI=1S/C22H26N4O4/c27-22(23-18-7-8-18)17-6-9-20(21(16-17)26(28)29)25-12-10-24(11-13-25)14-15-30-19-4-2-1-3-5-19/h1-6,9,16,18H,7-8,10-15H2,(H,23,27). The Kier molecular flexibility index (Phi) is 6.13. The van der Waals surface area contributed by atoms with Crippen LogP contribution >= 0.6 is 0 Å². The highest BCUT2D eigenvalue weighted by Crippen LogP contribution is 2.30. The minimum absolute atomic E-state index is 0.0145. The highest BCUT2D eigenvalue weighted by Gasteiger charge is 2.27. The van der Waals surface area contributed by atoms with Gasteiger partial charge in [0.2, 0.25) is 0 Å². The summed E-state index contributed by atoms with van der Waals surface area (Å²) >= 11 is 0. The highest BCUT2D eigenvalue weighted by molar-refractivity contribution is 5.96. The van der Waals surface area contributed by atoms with Crippen molar-refractivity contribution in [2.24, 2.45) is 0 Å². The zero-order chi connectivity index (χ0) is 20.9. The van der Waals surface area contributed by atoms with Gasteiger partial charge in [-0.3, -0.25) is 19.8 Å². The van der Waals surface area contributed by atoms with E-state index in [1.807, 2.05) is 35.2 Å². The summed E-state index contributed by atoms with van der Waals surface area (Å²) in [6, 6.07) is 14.7. The number of nitro groups is 1. The first-order valence-electron chi connectivity index (χ1n) is 10.3. The van der Waals surface area contributed by atoms with Crippen molar-refractivity contribution in [3.8, 4) is 5.75 Å². The van der Waals surface area contributed by atoms with Crippen LogP contribution in [0.3, 0.4) is 0 Å². The van der Waals surface area contributed by atoms with Gasteiger partial charge in [0.25, 0.3) is 11.6 Å². The van der Waals surface area contributed by atoms with E-state index in [4.69, 9.17) is 4.74 Å². The summed E-state index contributed by atoms with van der Waals surface area (Å²) in [5.74, 6) is 0.618. The number of anilines is 1. The third-order valence-corrected chi connectivity index (χ3v) is 5.48. The minimum Gasteiger partial charge on any atom is -0.492 e. The van der Waals surface area contributed by atoms with Crippen molar-refractivity contribution in [2.45, 2.75) is 18.9 Å². The number of nitrogens with one attached hydrogen (secondary N) is 1. The van der Waals surface area contributed by atoms with Crippen molar-refractivity contribution in [3.63, 3.8) is 0 Å². The first-order chi connectivity index (χ1) is 14.6. The van der Waals surface area contributed by atoms with Crippen LogP contribution in [0.2, 0.25) is 0 Å². The largest absolute Gasteiger partial charge is 0.492 e. The zero-order valence-electron chi connectivity index (χ0n) is 16.8. The lowest BCUT2D eigenvalue weighted by Crippen LogP contribution is -2.47. The second-order valence-corrected chi connectivity index (χ2v) is 7.70. The molecule has 0 bridgehead atoms. The van der Waals surface area contributed by atoms with Crippen LogP contribution in [0, 0.1) is 10.1 Å². The van der Waals surface area contributed by atoms with Gasteiger partial charge in [-0.05, 0) is 37.1 Å². The third-order valence-electron chi connectivity index (χ3n) is 5.48. The number of carbonyl (C=O) groups is 1. The first kappa shape index (κ1) is 20.2. The maximum Gasteiger partial charge on any atom is 0.293 e. The lowest BCUT2D eigenvalue weighted by Gasteiger charge is -2.35. The number of nitrogens with zero attached hydrogens (tertiary/aromatic N) is 3. The highest BCUT2D eigenvalue weighted by atomic mass is 16.6. The van der Waals surface area contributed by atoms with Gasteiger partial charge in [-0.25, -0.2) is 0 Å². The molecule has 0 radical (unpaired) electrons. The van der Waals surface area contributed by atoms with E-state index in [-0.39, 0.29) is 17.6 Å². The Morgan fingerprint density at radius 3 is 2.50 bits per heavy atom. The molecule has 2 aliphatic rings. The quantitative estimate of drug-likeness (QED) is 0.532. The van der Waals surface area contributed by atoms with Gasteiger partial charge in [-0.15, -0.1) is 0 Å². The molecule has 1 aliphatic carbocycles. The molecule has 1 aliphatic heterocycles. The predicted octanol–water partition coefficient (Wildman–Crippen LogP) is 2.69. The lowest BCUT2D eigenvalue weighted by atomic mass is 10.1. The Balaban J connectivity index is 1.33. The van der Waals surface area contributed by atoms with E-state index >= 15 is 0 Å². The van der Waals surface area contributed by atoms with E-state index in [1.165, 1.54) is 6.07 Å². The predicted molar refractivity (Wildman–Crippen MR) is 114 cm³/mol. The number of amides is 1. The van der Waals surface area contributed by atoms with Crippen molar-refractivity contribution in [1.82, 2.24) is 10.2 Å². The van der Waals surface area contributed by atoms with Crippen LogP contribution in [-0.2, 0) is 0 Å². The fourth-order valence-corrected chi connectivity index (χ4v) is 3.60. The molecule has 1 saturated carbocycles. The number of ether oxygens (including phenoxy) is 1. The average molecular weight is 410 g/mol. The molecule has 1 N–H and O–H groups in total. The van der Waals surface area contributed by atoms with Crippen molar-refractivity contribution in [2.75, 3.05) is 44.2 Å². The van der Waals surface area contributed by atoms with Gasteiger partial charge in [0.15, 0.2) is 0 Å². The van der Waals surface area contributed by atoms with E-state index in [1.54, 1.807) is 12.1 Å². The molecular formula is C22H26N4O4. The van der Waals surface area contributed by atoms with Gasteiger partial charge in [0.05, 0.1) is 4.92 Å². The molecule has 8 heteroatoms. The lowest BCUT2D eigenvalue weighted by molar-refractivity contribution is -0.384. The summed E-state index contributed by atoms with van der Waals surface area (Å²) in [5, 5.41) is 14.5. The van der Waals surface area contributed by atoms with Crippen molar-refractivity contribution < 1.29 is 14.5 Å². The Morgan fingerprint density at radius 2 is 1.83 bits per heavy atom. The van der Waals surface area contributed by atoms with E-state index in [0.29, 0.717) is 30.9 Å². The van der Waals surface area contributed by atoms with Crippen LogP contribution < -0.4 is 15.0 Å². The fraction of sp³-hybridized carbons (Fsp3) is 0.409. The van der Waals surface area contributed by atoms with E-state index in [9.17, 15) is 14.9 Å². The maximum absolute atomic E-state index is 12.2. The number of nitro benzene ring substituents is 1. The van der Waals surface area contributed by atoms with E-state index < -0.39 is 4.92 Å². The van der Waals surface area contributed by atoms with Gasteiger partial charge in [-0.1, -0.05) is 18.2 Å². The number of hydrogen-bond donors (Lipinski definition) is 1. The Bertz CT molecular complexity index is 893. The molecule has 0 unspecified atom stereocenters. The number of para-hydroxylation sites is 1. The molecule has 2 fully saturated rings. The number of rotatable bonds is 8. The minimum atomic E-state index is -0.399. The van der Waals surface area contributed by atoms with Crippen LogP contribution in [0.5, 0.6) is 5.75 Å². The number of hydrogen-bond acceptors (Lipinski definition) is 6.